The first-order chi connectivity index (χ1) is 4.04. The van der Waals surface area contributed by atoms with Crippen LogP contribution in [0.25, 0.3) is 0 Å². The van der Waals surface area contributed by atoms with Crippen LogP contribution in [0, 0.1) is 0 Å². The Morgan fingerprint density at radius 2 is 2.11 bits per heavy atom. The van der Waals surface area contributed by atoms with E-state index in [0.717, 1.165) is 3.33 Å². The highest BCUT2D eigenvalue weighted by Crippen LogP contribution is 2.06. The summed E-state index contributed by atoms with van der Waals surface area (Å²) in [4.78, 5) is 0. The van der Waals surface area contributed by atoms with E-state index in [4.69, 9.17) is 0 Å². The molecule has 0 atom stereocenters. The summed E-state index contributed by atoms with van der Waals surface area (Å²) in [7, 11) is -3.66. The lowest BCUT2D eigenvalue weighted by atomic mass is 10.8. The molecule has 0 amide bonds. The molecule has 9 heavy (non-hydrogen) atoms. The molecule has 0 saturated heterocycles. The molecule has 56 valence electrons. The van der Waals surface area contributed by atoms with E-state index in [9.17, 15) is 12.8 Å². The average Bonchev–Trinajstić information content (AvgIpc) is 1.86. The molecule has 0 heterocycles. The second-order valence-electron chi connectivity index (χ2n) is 1.32. The van der Waals surface area contributed by atoms with Crippen LogP contribution in [0.1, 0.15) is 6.92 Å². The second-order valence-corrected chi connectivity index (χ2v) is 4.47. The smallest absolute Gasteiger partial charge is 0.232 e. The average molecular weight is 220 g/mol. The maximum absolute atomic E-state index is 11.5. The summed E-state index contributed by atoms with van der Waals surface area (Å²) in [6.07, 6.45) is 0. The largest absolute Gasteiger partial charge is 0.253 e. The number of hydrogen-bond acceptors (Lipinski definition) is 2. The Labute approximate surface area is 62.2 Å². The van der Waals surface area contributed by atoms with Crippen LogP contribution in [0.15, 0.2) is 0 Å². The van der Waals surface area contributed by atoms with E-state index in [2.05, 4.69) is 16.1 Å². The Balaban J connectivity index is 4.17. The van der Waals surface area contributed by atoms with Crippen LogP contribution in [0.4, 0.5) is 4.39 Å². The molecule has 0 bridgehead atoms. The van der Waals surface area contributed by atoms with E-state index in [0.29, 0.717) is 0 Å². The highest BCUT2D eigenvalue weighted by Gasteiger charge is 2.16. The molecule has 0 saturated carbocycles. The molecule has 0 aliphatic rings. The zero-order valence-corrected chi connectivity index (χ0v) is 7.24. The Morgan fingerprint density at radius 1 is 1.67 bits per heavy atom. The van der Waals surface area contributed by atoms with Crippen molar-refractivity contribution in [1.82, 2.24) is 3.33 Å². The Hall–Kier alpha value is 0.320. The molecule has 0 fully saturated rings. The zero-order valence-electron chi connectivity index (χ0n) is 4.84. The Bertz CT molecular complexity index is 169. The lowest BCUT2D eigenvalue weighted by molar-refractivity contribution is 0.503. The zero-order chi connectivity index (χ0) is 7.49. The van der Waals surface area contributed by atoms with Gasteiger partial charge in [-0.2, -0.15) is 0 Å². The summed E-state index contributed by atoms with van der Waals surface area (Å²) in [6, 6.07) is -1.36. The number of nitrogens with zero attached hydrogens (tertiary/aromatic N) is 1. The van der Waals surface area contributed by atoms with Gasteiger partial charge in [0, 0.05) is 22.7 Å². The summed E-state index contributed by atoms with van der Waals surface area (Å²) in [5.41, 5.74) is 0. The van der Waals surface area contributed by atoms with Crippen molar-refractivity contribution in [3.05, 3.63) is 0 Å². The molecule has 0 N–H and O–H groups in total. The van der Waals surface area contributed by atoms with E-state index in [1.54, 1.807) is 6.92 Å². The maximum Gasteiger partial charge on any atom is 0.253 e. The quantitative estimate of drug-likeness (QED) is 0.662. The number of rotatable bonds is 3. The van der Waals surface area contributed by atoms with Crippen molar-refractivity contribution in [2.45, 2.75) is 6.92 Å². The van der Waals surface area contributed by atoms with E-state index in [-0.39, 0.29) is 6.54 Å². The summed E-state index contributed by atoms with van der Waals surface area (Å²) in [5.74, 6) is 0. The molecule has 0 aromatic carbocycles. The first-order valence-electron chi connectivity index (χ1n) is 2.26. The van der Waals surface area contributed by atoms with Gasteiger partial charge in [0.2, 0.25) is 6.01 Å². The number of alkyl halides is 1. The Kier molecular flexibility index (Phi) is 3.60. The van der Waals surface area contributed by atoms with E-state index >= 15 is 0 Å². The van der Waals surface area contributed by atoms with Crippen molar-refractivity contribution in [3.8, 4) is 0 Å². The monoisotopic (exact) mass is 219 g/mol. The fourth-order valence-electron chi connectivity index (χ4n) is 0.250. The van der Waals surface area contributed by atoms with Gasteiger partial charge in [-0.15, -0.1) is 3.33 Å². The number of halogens is 2. The van der Waals surface area contributed by atoms with Crippen LogP contribution in [0.3, 0.4) is 0 Å². The molecule has 0 unspecified atom stereocenters. The van der Waals surface area contributed by atoms with Crippen LogP contribution < -0.4 is 0 Å². The van der Waals surface area contributed by atoms with Crippen molar-refractivity contribution >= 4 is 26.2 Å². The van der Waals surface area contributed by atoms with Gasteiger partial charge >= 0.3 is 0 Å². The normalized spacial score (nSPS) is 12.4. The van der Waals surface area contributed by atoms with Crippen molar-refractivity contribution < 1.29 is 12.8 Å². The Morgan fingerprint density at radius 3 is 2.22 bits per heavy atom. The highest BCUT2D eigenvalue weighted by atomic mass is 79.9. The van der Waals surface area contributed by atoms with Crippen LogP contribution >= 0.6 is 16.1 Å². The molecule has 0 rings (SSSR count). The van der Waals surface area contributed by atoms with Gasteiger partial charge in [-0.3, -0.25) is 0 Å². The third-order valence-electron chi connectivity index (χ3n) is 0.688. The first kappa shape index (κ1) is 9.32. The van der Waals surface area contributed by atoms with Gasteiger partial charge in [-0.25, -0.2) is 12.8 Å². The maximum atomic E-state index is 11.5. The van der Waals surface area contributed by atoms with E-state index in [1.165, 1.54) is 0 Å². The molecule has 0 aromatic rings. The summed E-state index contributed by atoms with van der Waals surface area (Å²) >= 11 is 2.66. The predicted molar refractivity (Wildman–Crippen MR) is 36.2 cm³/mol. The molecule has 0 aliphatic heterocycles. The lowest BCUT2D eigenvalue weighted by Gasteiger charge is -2.07. The minimum absolute atomic E-state index is 0.228. The molecule has 0 spiro atoms. The van der Waals surface area contributed by atoms with Gasteiger partial charge in [0.1, 0.15) is 0 Å². The highest BCUT2D eigenvalue weighted by molar-refractivity contribution is 9.08. The lowest BCUT2D eigenvalue weighted by Crippen LogP contribution is -2.21. The van der Waals surface area contributed by atoms with Crippen molar-refractivity contribution in [3.63, 3.8) is 0 Å². The third-order valence-corrected chi connectivity index (χ3v) is 3.65. The summed E-state index contributed by atoms with van der Waals surface area (Å²) in [5, 5.41) is 0. The molecular weight excluding hydrogens is 213 g/mol. The minimum Gasteiger partial charge on any atom is -0.232 e. The molecule has 0 aliphatic carbocycles. The molecule has 6 heteroatoms. The van der Waals surface area contributed by atoms with E-state index < -0.39 is 16.0 Å². The van der Waals surface area contributed by atoms with Crippen LogP contribution in [-0.2, 0) is 10.0 Å². The van der Waals surface area contributed by atoms with Crippen LogP contribution in [-0.4, -0.2) is 24.3 Å². The molecule has 3 nitrogen and oxygen atoms in total. The van der Waals surface area contributed by atoms with E-state index in [1.807, 2.05) is 0 Å². The predicted octanol–water partition coefficient (Wildman–Crippen LogP) is 0.875. The first-order valence-corrected chi connectivity index (χ1v) is 4.58. The van der Waals surface area contributed by atoms with Gasteiger partial charge in [0.25, 0.3) is 10.0 Å². The summed E-state index contributed by atoms with van der Waals surface area (Å²) < 4.78 is 33.2. The topological polar surface area (TPSA) is 37.4 Å². The van der Waals surface area contributed by atoms with Gasteiger partial charge in [0.15, 0.2) is 0 Å². The van der Waals surface area contributed by atoms with Crippen molar-refractivity contribution in [2.75, 3.05) is 12.6 Å². The van der Waals surface area contributed by atoms with Crippen LogP contribution in [0.2, 0.25) is 0 Å². The molecule has 0 aromatic heterocycles. The standard InChI is InChI=1S/C3H7BrFNO2S/c1-2-6(4)9(7,8)3-5/h2-3H2,1H3. The molecular formula is C3H7BrFNO2S. The van der Waals surface area contributed by atoms with Gasteiger partial charge in [0.05, 0.1) is 0 Å². The number of sulfonamides is 1. The van der Waals surface area contributed by atoms with Crippen molar-refractivity contribution in [1.29, 1.82) is 0 Å². The van der Waals surface area contributed by atoms with Crippen LogP contribution in [0.5, 0.6) is 0 Å². The van der Waals surface area contributed by atoms with Gasteiger partial charge < -0.3 is 0 Å². The van der Waals surface area contributed by atoms with Gasteiger partial charge in [-0.1, -0.05) is 6.92 Å². The van der Waals surface area contributed by atoms with Gasteiger partial charge in [-0.05, 0) is 0 Å². The number of hydrogen-bond donors (Lipinski definition) is 0. The fourth-order valence-corrected chi connectivity index (χ4v) is 0.981. The third kappa shape index (κ3) is 2.59. The summed E-state index contributed by atoms with van der Waals surface area (Å²) in [6.45, 7) is 1.83. The second kappa shape index (κ2) is 3.48. The fraction of sp³-hybridized carbons (Fsp3) is 1.00. The SMILES string of the molecule is CCN(Br)S(=O)(=O)CF. The minimum atomic E-state index is -3.66. The van der Waals surface area contributed by atoms with Crippen molar-refractivity contribution in [2.24, 2.45) is 0 Å². The molecule has 0 radical (unpaired) electrons.